The zero-order valence-electron chi connectivity index (χ0n) is 28.3. The number of hydrogen-bond acceptors (Lipinski definition) is 0. The van der Waals surface area contributed by atoms with Gasteiger partial charge in [0.2, 0.25) is 0 Å². The zero-order chi connectivity index (χ0) is 32.7. The van der Waals surface area contributed by atoms with Crippen LogP contribution in [0, 0.1) is 13.8 Å². The highest BCUT2D eigenvalue weighted by atomic mass is 14.3. The molecule has 230 valence electrons. The molecule has 9 rings (SSSR count). The third-order valence-corrected chi connectivity index (χ3v) is 10.5. The highest BCUT2D eigenvalue weighted by Gasteiger charge is 2.26. The summed E-state index contributed by atoms with van der Waals surface area (Å²) in [6, 6.07) is 52.6. The number of benzene rings is 8. The van der Waals surface area contributed by atoms with E-state index in [1.54, 1.807) is 0 Å². The SMILES string of the molecule is Cc1cc(C)c2c(c1)-c1cc3c4ccc(C(C)(C)C)cc4c(-c4cc(-c5ccccc5)cc(-c5ccccc5)c4)cc3c3cccc-2c13. The van der Waals surface area contributed by atoms with Crippen LogP contribution >= 0.6 is 0 Å². The Balaban J connectivity index is 1.42. The van der Waals surface area contributed by atoms with Crippen LogP contribution in [0.1, 0.15) is 37.5 Å². The molecule has 0 fully saturated rings. The molecule has 8 aromatic rings. The van der Waals surface area contributed by atoms with Crippen molar-refractivity contribution in [3.05, 3.63) is 156 Å². The minimum Gasteiger partial charge on any atom is -0.0622 e. The van der Waals surface area contributed by atoms with Crippen molar-refractivity contribution in [1.82, 2.24) is 0 Å². The molecule has 0 heterocycles. The van der Waals surface area contributed by atoms with E-state index in [0.29, 0.717) is 0 Å². The fourth-order valence-corrected chi connectivity index (χ4v) is 8.15. The lowest BCUT2D eigenvalue weighted by atomic mass is 9.82. The second-order valence-corrected chi connectivity index (χ2v) is 14.7. The molecule has 0 nitrogen and oxygen atoms in total. The largest absolute Gasteiger partial charge is 0.0622 e. The predicted molar refractivity (Wildman–Crippen MR) is 208 cm³/mol. The van der Waals surface area contributed by atoms with Crippen molar-refractivity contribution < 1.29 is 0 Å². The molecule has 1 aliphatic carbocycles. The second-order valence-electron chi connectivity index (χ2n) is 14.7. The number of aryl methyl sites for hydroxylation is 2. The van der Waals surface area contributed by atoms with Gasteiger partial charge in [0, 0.05) is 0 Å². The van der Waals surface area contributed by atoms with Crippen LogP contribution in [0.25, 0.3) is 88.0 Å². The van der Waals surface area contributed by atoms with E-state index in [1.165, 1.54) is 105 Å². The van der Waals surface area contributed by atoms with Gasteiger partial charge in [-0.2, -0.15) is 0 Å². The Morgan fingerprint density at radius 3 is 1.67 bits per heavy atom. The molecule has 48 heavy (non-hydrogen) atoms. The molecule has 0 heteroatoms. The average molecular weight is 615 g/mol. The molecule has 0 spiro atoms. The van der Waals surface area contributed by atoms with Gasteiger partial charge in [-0.05, 0) is 155 Å². The normalized spacial score (nSPS) is 12.3. The van der Waals surface area contributed by atoms with Gasteiger partial charge in [-0.15, -0.1) is 0 Å². The van der Waals surface area contributed by atoms with E-state index in [2.05, 4.69) is 174 Å². The maximum absolute atomic E-state index is 2.49. The van der Waals surface area contributed by atoms with Gasteiger partial charge in [-0.25, -0.2) is 0 Å². The second kappa shape index (κ2) is 10.5. The molecular weight excluding hydrogens is 577 g/mol. The van der Waals surface area contributed by atoms with E-state index < -0.39 is 0 Å². The Kier molecular flexibility index (Phi) is 6.30. The Hall–Kier alpha value is -5.46. The molecule has 0 saturated carbocycles. The minimum atomic E-state index is 0.0296. The summed E-state index contributed by atoms with van der Waals surface area (Å²) in [5, 5.41) is 7.97. The maximum Gasteiger partial charge on any atom is -0.00198 e. The average Bonchev–Trinajstić information content (AvgIpc) is 3.42. The molecule has 0 aliphatic heterocycles. The van der Waals surface area contributed by atoms with E-state index in [4.69, 9.17) is 0 Å². The van der Waals surface area contributed by atoms with Crippen molar-refractivity contribution >= 4 is 32.3 Å². The van der Waals surface area contributed by atoms with Crippen molar-refractivity contribution in [1.29, 1.82) is 0 Å². The lowest BCUT2D eigenvalue weighted by Gasteiger charge is -2.22. The summed E-state index contributed by atoms with van der Waals surface area (Å²) in [5.41, 5.74) is 17.0. The van der Waals surface area contributed by atoms with E-state index in [-0.39, 0.29) is 5.41 Å². The summed E-state index contributed by atoms with van der Waals surface area (Å²) >= 11 is 0. The molecule has 8 aromatic carbocycles. The maximum atomic E-state index is 2.49. The first-order valence-corrected chi connectivity index (χ1v) is 17.1. The molecule has 0 aromatic heterocycles. The van der Waals surface area contributed by atoms with Crippen LogP contribution in [0.15, 0.2) is 140 Å². The van der Waals surface area contributed by atoms with Crippen LogP contribution in [-0.2, 0) is 5.41 Å². The molecule has 0 saturated heterocycles. The van der Waals surface area contributed by atoms with Crippen molar-refractivity contribution in [2.45, 2.75) is 40.0 Å². The number of hydrogen-bond donors (Lipinski definition) is 0. The van der Waals surface area contributed by atoms with Gasteiger partial charge in [0.1, 0.15) is 0 Å². The minimum absolute atomic E-state index is 0.0296. The van der Waals surface area contributed by atoms with Crippen LogP contribution in [0.4, 0.5) is 0 Å². The highest BCUT2D eigenvalue weighted by molar-refractivity contribution is 6.29. The van der Waals surface area contributed by atoms with Crippen LogP contribution < -0.4 is 0 Å². The Labute approximate surface area is 283 Å². The number of rotatable bonds is 3. The van der Waals surface area contributed by atoms with Crippen LogP contribution in [0.2, 0.25) is 0 Å². The first-order valence-electron chi connectivity index (χ1n) is 17.1. The van der Waals surface area contributed by atoms with Crippen molar-refractivity contribution in [2.75, 3.05) is 0 Å². The van der Waals surface area contributed by atoms with E-state index in [9.17, 15) is 0 Å². The Bertz CT molecular complexity index is 2520. The first-order chi connectivity index (χ1) is 23.2. The van der Waals surface area contributed by atoms with Gasteiger partial charge in [-0.3, -0.25) is 0 Å². The van der Waals surface area contributed by atoms with E-state index in [0.717, 1.165) is 0 Å². The summed E-state index contributed by atoms with van der Waals surface area (Å²) in [7, 11) is 0. The fourth-order valence-electron chi connectivity index (χ4n) is 8.15. The topological polar surface area (TPSA) is 0 Å². The van der Waals surface area contributed by atoms with Crippen molar-refractivity contribution in [3.63, 3.8) is 0 Å². The van der Waals surface area contributed by atoms with Gasteiger partial charge in [0.05, 0.1) is 0 Å². The molecule has 0 atom stereocenters. The van der Waals surface area contributed by atoms with Gasteiger partial charge in [-0.1, -0.05) is 129 Å². The summed E-state index contributed by atoms with van der Waals surface area (Å²) in [6.45, 7) is 11.4. The lowest BCUT2D eigenvalue weighted by Crippen LogP contribution is -2.10. The zero-order valence-corrected chi connectivity index (χ0v) is 28.3. The molecule has 0 unspecified atom stereocenters. The third-order valence-electron chi connectivity index (χ3n) is 10.5. The molecule has 0 N–H and O–H groups in total. The third kappa shape index (κ3) is 4.44. The highest BCUT2D eigenvalue weighted by Crippen LogP contribution is 2.52. The molecule has 0 bridgehead atoms. The monoisotopic (exact) mass is 614 g/mol. The fraction of sp³-hybridized carbons (Fsp3) is 0.125. The van der Waals surface area contributed by atoms with E-state index >= 15 is 0 Å². The quantitative estimate of drug-likeness (QED) is 0.174. The van der Waals surface area contributed by atoms with Crippen LogP contribution in [-0.4, -0.2) is 0 Å². The van der Waals surface area contributed by atoms with E-state index in [1.807, 2.05) is 0 Å². The van der Waals surface area contributed by atoms with Gasteiger partial charge >= 0.3 is 0 Å². The van der Waals surface area contributed by atoms with Crippen LogP contribution in [0.5, 0.6) is 0 Å². The summed E-state index contributed by atoms with van der Waals surface area (Å²) < 4.78 is 0. The molecule has 0 amide bonds. The van der Waals surface area contributed by atoms with Crippen molar-refractivity contribution in [2.24, 2.45) is 0 Å². The summed E-state index contributed by atoms with van der Waals surface area (Å²) in [5.74, 6) is 0. The first kappa shape index (κ1) is 28.7. The molecular formula is C48H38. The Morgan fingerprint density at radius 2 is 1.00 bits per heavy atom. The standard InChI is InChI=1S/C48H38/c1-29-21-30(2)46-39-18-12-17-38-43-27-40(35-24-33(31-13-8-6-9-14-31)23-34(25-35)32-15-10-7-11-16-32)41-26-36(48(3,4)5)19-20-37(41)42(43)28-45(47(38)39)44(46)22-29/h6-28H,1-5H3. The predicted octanol–water partition coefficient (Wildman–Crippen LogP) is 13.7. The molecule has 1 aliphatic rings. The van der Waals surface area contributed by atoms with Gasteiger partial charge < -0.3 is 0 Å². The van der Waals surface area contributed by atoms with Gasteiger partial charge in [0.15, 0.2) is 0 Å². The van der Waals surface area contributed by atoms with Crippen LogP contribution in [0.3, 0.4) is 0 Å². The number of fused-ring (bicyclic) bond motifs is 7. The summed E-state index contributed by atoms with van der Waals surface area (Å²) in [4.78, 5) is 0. The van der Waals surface area contributed by atoms with Gasteiger partial charge in [0.25, 0.3) is 0 Å². The summed E-state index contributed by atoms with van der Waals surface area (Å²) in [6.07, 6.45) is 0. The Morgan fingerprint density at radius 1 is 0.375 bits per heavy atom. The molecule has 0 radical (unpaired) electrons. The van der Waals surface area contributed by atoms with Crippen molar-refractivity contribution in [3.8, 4) is 55.6 Å². The smallest absolute Gasteiger partial charge is 0.00198 e. The lowest BCUT2D eigenvalue weighted by molar-refractivity contribution is 0.591.